The second kappa shape index (κ2) is 36.1. The van der Waals surface area contributed by atoms with Gasteiger partial charge in [-0.15, -0.1) is 0 Å². The lowest BCUT2D eigenvalue weighted by atomic mass is 9.86. The third-order valence-corrected chi connectivity index (χ3v) is 20.0. The number of nitrogens with two attached hydrogens (primary N) is 1. The molecule has 0 aliphatic carbocycles. The number of fused-ring (bicyclic) bond motifs is 7. The summed E-state index contributed by atoms with van der Waals surface area (Å²) in [5, 5.41) is 34.1. The van der Waals surface area contributed by atoms with Gasteiger partial charge >= 0.3 is 6.09 Å². The normalized spacial score (nSPS) is 31.2. The van der Waals surface area contributed by atoms with Gasteiger partial charge in [0, 0.05) is 82.4 Å². The second-order valence-electron chi connectivity index (χ2n) is 27.7. The van der Waals surface area contributed by atoms with Crippen molar-refractivity contribution >= 4 is 47.1 Å². The zero-order valence-corrected chi connectivity index (χ0v) is 57.0. The Morgan fingerprint density at radius 1 is 0.814 bits per heavy atom. The summed E-state index contributed by atoms with van der Waals surface area (Å²) in [5.41, 5.74) is 8.70. The molecule has 27 heteroatoms. The highest BCUT2D eigenvalue weighted by Crippen LogP contribution is 2.49. The molecule has 0 radical (unpaired) electrons. The van der Waals surface area contributed by atoms with Crippen LogP contribution in [0.3, 0.4) is 0 Å². The van der Waals surface area contributed by atoms with Crippen LogP contribution >= 0.6 is 0 Å². The zero-order chi connectivity index (χ0) is 69.3. The van der Waals surface area contributed by atoms with Gasteiger partial charge in [0.15, 0.2) is 12.1 Å². The lowest BCUT2D eigenvalue weighted by Crippen LogP contribution is -2.56. The fraction of sp³-hybridized carbons (Fsp3) is 0.729. The van der Waals surface area contributed by atoms with E-state index in [0.29, 0.717) is 42.9 Å². The van der Waals surface area contributed by atoms with Crippen molar-refractivity contribution in [2.45, 2.75) is 247 Å². The minimum atomic E-state index is -1.28. The molecule has 7 saturated heterocycles. The molecule has 6 unspecified atom stereocenters. The number of aliphatic hydroxyl groups excluding tert-OH is 2. The molecule has 7 fully saturated rings. The SMILES string of the molecule is C=C1C[C@H](CC[C@]23CCC(O2)[C@H]2C[C@@H](O3)[C@H]3OC(CC(=O)C[C@H]4CO[C@H](CC(O)CNC(=O)OCc5ccc(NC(=O)C(CCCNC(N)O)NC(=O)[C@@H](NC(=O)CCOCCOCCN6C(=O)C=CC6=O)C(C)C)cc5)[C@@H]4OC)CC[C@@H]3O2)O[C@H]1CCC1C[C@@H](C)C(=C)[C@@H](C)O1. The number of anilines is 1. The van der Waals surface area contributed by atoms with Crippen molar-refractivity contribution in [3.63, 3.8) is 0 Å². The Kier molecular flexibility index (Phi) is 28.1. The minimum absolute atomic E-state index is 0.0107. The van der Waals surface area contributed by atoms with E-state index in [0.717, 1.165) is 61.8 Å². The molecule has 9 N–H and O–H groups in total. The molecule has 4 bridgehead atoms. The molecule has 27 nitrogen and oxygen atoms in total. The number of ether oxygens (including phenoxy) is 11. The Labute approximate surface area is 568 Å². The number of alkyl carbamates (subject to hydrolysis) is 1. The molecule has 8 aliphatic rings. The number of imide groups is 1. The molecular weight excluding hydrogens is 1260 g/mol. The predicted molar refractivity (Wildman–Crippen MR) is 351 cm³/mol. The first-order valence-electron chi connectivity index (χ1n) is 35.0. The molecule has 540 valence electrons. The van der Waals surface area contributed by atoms with Crippen LogP contribution in [0.1, 0.15) is 142 Å². The fourth-order valence-electron chi connectivity index (χ4n) is 14.6. The van der Waals surface area contributed by atoms with Gasteiger partial charge in [-0.1, -0.05) is 46.1 Å². The van der Waals surface area contributed by atoms with Crippen molar-refractivity contribution in [3.05, 3.63) is 66.3 Å². The Morgan fingerprint density at radius 3 is 2.30 bits per heavy atom. The molecule has 19 atom stereocenters. The van der Waals surface area contributed by atoms with E-state index >= 15 is 0 Å². The summed E-state index contributed by atoms with van der Waals surface area (Å²) >= 11 is 0. The molecule has 0 saturated carbocycles. The van der Waals surface area contributed by atoms with Crippen LogP contribution in [0.25, 0.3) is 0 Å². The molecule has 0 spiro atoms. The molecule has 9 rings (SSSR count). The molecular formula is C70H105N7O20. The van der Waals surface area contributed by atoms with E-state index in [1.54, 1.807) is 45.2 Å². The Hall–Kier alpha value is -5.63. The summed E-state index contributed by atoms with van der Waals surface area (Å²) in [4.78, 5) is 91.4. The van der Waals surface area contributed by atoms with Crippen molar-refractivity contribution in [3.8, 4) is 0 Å². The van der Waals surface area contributed by atoms with Gasteiger partial charge in [-0.3, -0.25) is 44.7 Å². The van der Waals surface area contributed by atoms with Crippen LogP contribution in [-0.2, 0) is 87.5 Å². The number of rotatable bonds is 37. The fourth-order valence-corrected chi connectivity index (χ4v) is 14.6. The highest BCUT2D eigenvalue weighted by Gasteiger charge is 2.57. The Balaban J connectivity index is 0.654. The van der Waals surface area contributed by atoms with Gasteiger partial charge in [-0.2, -0.15) is 0 Å². The van der Waals surface area contributed by atoms with E-state index in [1.165, 1.54) is 17.7 Å². The van der Waals surface area contributed by atoms with Crippen molar-refractivity contribution < 1.29 is 95.9 Å². The number of Topliss-reactive ketones (excluding diaryl/α,β-unsaturated/α-hetero) is 1. The molecule has 0 aromatic heterocycles. The van der Waals surface area contributed by atoms with Crippen LogP contribution in [-0.4, -0.2) is 220 Å². The number of aliphatic hydroxyl groups is 2. The monoisotopic (exact) mass is 1360 g/mol. The highest BCUT2D eigenvalue weighted by atomic mass is 16.7. The van der Waals surface area contributed by atoms with E-state index in [9.17, 15) is 43.8 Å². The first kappa shape index (κ1) is 75.6. The van der Waals surface area contributed by atoms with Crippen LogP contribution in [0, 0.1) is 17.8 Å². The third-order valence-electron chi connectivity index (χ3n) is 20.0. The van der Waals surface area contributed by atoms with Gasteiger partial charge in [0.2, 0.25) is 17.7 Å². The predicted octanol–water partition coefficient (Wildman–Crippen LogP) is 4.18. The van der Waals surface area contributed by atoms with Gasteiger partial charge in [0.25, 0.3) is 11.8 Å². The van der Waals surface area contributed by atoms with Crippen LogP contribution in [0.4, 0.5) is 10.5 Å². The van der Waals surface area contributed by atoms with Gasteiger partial charge < -0.3 is 83.6 Å². The minimum Gasteiger partial charge on any atom is -0.445 e. The lowest BCUT2D eigenvalue weighted by Gasteiger charge is -2.47. The van der Waals surface area contributed by atoms with Crippen LogP contribution in [0.15, 0.2) is 60.7 Å². The maximum atomic E-state index is 13.8. The largest absolute Gasteiger partial charge is 0.445 e. The van der Waals surface area contributed by atoms with Gasteiger partial charge in [0.1, 0.15) is 30.6 Å². The first-order chi connectivity index (χ1) is 46.5. The number of nitrogens with zero attached hydrogens (tertiary/aromatic N) is 1. The number of ketones is 1. The molecule has 8 aliphatic heterocycles. The quantitative estimate of drug-likeness (QED) is 0.0200. The smallest absolute Gasteiger partial charge is 0.407 e. The van der Waals surface area contributed by atoms with Crippen molar-refractivity contribution in [2.24, 2.45) is 23.5 Å². The third kappa shape index (κ3) is 21.7. The molecule has 8 heterocycles. The van der Waals surface area contributed by atoms with E-state index in [-0.39, 0.29) is 170 Å². The summed E-state index contributed by atoms with van der Waals surface area (Å²) in [6.07, 6.45) is 7.31. The Bertz CT molecular complexity index is 2850. The summed E-state index contributed by atoms with van der Waals surface area (Å²) in [7, 11) is 1.56. The molecule has 97 heavy (non-hydrogen) atoms. The molecule has 1 aromatic rings. The maximum Gasteiger partial charge on any atom is 0.407 e. The van der Waals surface area contributed by atoms with E-state index in [4.69, 9.17) is 57.8 Å². The van der Waals surface area contributed by atoms with Crippen LogP contribution in [0.5, 0.6) is 0 Å². The topological polar surface area (TPSA) is 351 Å². The van der Waals surface area contributed by atoms with Crippen LogP contribution < -0.4 is 32.3 Å². The first-order valence-corrected chi connectivity index (χ1v) is 35.0. The van der Waals surface area contributed by atoms with Crippen LogP contribution in [0.2, 0.25) is 0 Å². The second-order valence-corrected chi connectivity index (χ2v) is 27.7. The van der Waals surface area contributed by atoms with Crippen molar-refractivity contribution in [1.82, 2.24) is 26.2 Å². The zero-order valence-electron chi connectivity index (χ0n) is 57.0. The molecule has 6 amide bonds. The van der Waals surface area contributed by atoms with E-state index in [2.05, 4.69) is 53.6 Å². The average Bonchev–Trinajstić information content (AvgIpc) is 1.62. The van der Waals surface area contributed by atoms with Crippen molar-refractivity contribution in [2.75, 3.05) is 65.1 Å². The number of benzene rings is 1. The summed E-state index contributed by atoms with van der Waals surface area (Å²) in [5.74, 6) is -3.28. The summed E-state index contributed by atoms with van der Waals surface area (Å²) in [6, 6.07) is 4.44. The van der Waals surface area contributed by atoms with Gasteiger partial charge in [-0.25, -0.2) is 4.79 Å². The Morgan fingerprint density at radius 2 is 1.57 bits per heavy atom. The number of methoxy groups -OCH3 is 1. The number of nitrogens with one attached hydrogen (secondary N) is 5. The van der Waals surface area contributed by atoms with Gasteiger partial charge in [-0.05, 0) is 118 Å². The highest BCUT2D eigenvalue weighted by molar-refractivity contribution is 6.12. The number of hydrogen-bond donors (Lipinski definition) is 8. The maximum absolute atomic E-state index is 13.8. The van der Waals surface area contributed by atoms with E-state index < -0.39 is 78.2 Å². The molecule has 1 aromatic carbocycles. The average molecular weight is 1360 g/mol. The number of amides is 6. The number of hydrogen-bond acceptors (Lipinski definition) is 22. The summed E-state index contributed by atoms with van der Waals surface area (Å²) in [6.45, 7) is 17.3. The number of carbonyl (C=O) groups excluding carboxylic acids is 7. The summed E-state index contributed by atoms with van der Waals surface area (Å²) < 4.78 is 68.5. The van der Waals surface area contributed by atoms with E-state index in [1.807, 2.05) is 0 Å². The lowest BCUT2D eigenvalue weighted by molar-refractivity contribution is -0.276. The van der Waals surface area contributed by atoms with Gasteiger partial charge in [0.05, 0.1) is 113 Å². The number of carbonyl (C=O) groups is 7. The standard InChI is InChI=1S/C70H105N7O20/c1-40(2)63(76-60(80)22-27-88-29-30-89-28-26-77-61(81)18-19-62(77)82)67(84)75-53(9-8-25-72-68(71)85)66(83)74-47-12-10-45(11-13-47)38-91-69(86)73-37-49(79)35-58-64(87-7)46(39-90-58)33-48(78)34-51-15-17-56-65(94-51)59-36-57(95-56)55-21-24-70(96-55,97-59)23-20-52-32-42(4)54(93-52)16-14-50-31-41(3)43(5)44(6)92-50/h10-13,18-19,40-41,44,46,49-59,63-65,68,72,79,85H,4-5,8-9,14-17,20-39,71H2,1-3,6-7H3,(H,73,86)(H,74,83)(H,75,84)(H,76,80)/t41-,44-,46+,49?,50?,51?,52+,53?,54+,55?,56+,57-,58-,59-,63+,64-,65+,68?,70+/m1/s1. The van der Waals surface area contributed by atoms with Crippen molar-refractivity contribution in [1.29, 1.82) is 0 Å².